The fourth-order valence-corrected chi connectivity index (χ4v) is 4.21. The third-order valence-electron chi connectivity index (χ3n) is 4.80. The van der Waals surface area contributed by atoms with Gasteiger partial charge in [0, 0.05) is 17.1 Å². The zero-order chi connectivity index (χ0) is 20.4. The molecule has 0 aliphatic carbocycles. The zero-order valence-corrected chi connectivity index (χ0v) is 17.1. The van der Waals surface area contributed by atoms with E-state index in [1.807, 2.05) is 24.3 Å². The normalized spacial score (nSPS) is 12.8. The van der Waals surface area contributed by atoms with Crippen LogP contribution < -0.4 is 10.1 Å². The summed E-state index contributed by atoms with van der Waals surface area (Å²) >= 11 is 1.75. The predicted molar refractivity (Wildman–Crippen MR) is 113 cm³/mol. The van der Waals surface area contributed by atoms with Crippen LogP contribution in [0.15, 0.2) is 48.5 Å². The second-order valence-electron chi connectivity index (χ2n) is 7.22. The van der Waals surface area contributed by atoms with Crippen molar-refractivity contribution in [3.8, 4) is 11.4 Å². The molecule has 0 saturated heterocycles. The minimum atomic E-state index is -0.313. The summed E-state index contributed by atoms with van der Waals surface area (Å²) in [5, 5.41) is 7.54. The first kappa shape index (κ1) is 19.5. The topological polar surface area (TPSA) is 56.1 Å². The molecule has 2 heterocycles. The molecule has 1 N–H and O–H groups in total. The lowest BCUT2D eigenvalue weighted by molar-refractivity contribution is -0.118. The molecule has 7 heteroatoms. The molecule has 0 unspecified atom stereocenters. The van der Waals surface area contributed by atoms with Gasteiger partial charge in [0.25, 0.3) is 5.91 Å². The maximum Gasteiger partial charge on any atom is 0.263 e. The SMILES string of the molecule is CC(C)c1ccc(OCC(=O)Nc2c3c(nn2-c2ccc(F)cc2)CSC3)cc1. The number of carbonyl (C=O) groups excluding carboxylic acids is 1. The Morgan fingerprint density at radius 2 is 1.90 bits per heavy atom. The lowest BCUT2D eigenvalue weighted by Gasteiger charge is -2.12. The second kappa shape index (κ2) is 8.29. The highest BCUT2D eigenvalue weighted by molar-refractivity contribution is 7.98. The van der Waals surface area contributed by atoms with Gasteiger partial charge in [-0.05, 0) is 47.9 Å². The zero-order valence-electron chi connectivity index (χ0n) is 16.3. The van der Waals surface area contributed by atoms with Crippen LogP contribution in [0.1, 0.15) is 36.6 Å². The number of benzene rings is 2. The van der Waals surface area contributed by atoms with Crippen LogP contribution in [0.5, 0.6) is 5.75 Å². The molecule has 1 aliphatic rings. The number of rotatable bonds is 6. The van der Waals surface area contributed by atoms with Crippen molar-refractivity contribution in [1.29, 1.82) is 0 Å². The van der Waals surface area contributed by atoms with Crippen molar-refractivity contribution in [3.63, 3.8) is 0 Å². The van der Waals surface area contributed by atoms with Crippen LogP contribution in [-0.2, 0) is 16.3 Å². The molecule has 0 saturated carbocycles. The highest BCUT2D eigenvalue weighted by Gasteiger charge is 2.24. The quantitative estimate of drug-likeness (QED) is 0.627. The molecule has 0 bridgehead atoms. The molecule has 2 aromatic carbocycles. The van der Waals surface area contributed by atoms with E-state index in [1.54, 1.807) is 28.6 Å². The van der Waals surface area contributed by atoms with Gasteiger partial charge in [0.15, 0.2) is 6.61 Å². The van der Waals surface area contributed by atoms with Gasteiger partial charge in [-0.2, -0.15) is 16.9 Å². The van der Waals surface area contributed by atoms with E-state index in [-0.39, 0.29) is 18.3 Å². The van der Waals surface area contributed by atoms with Gasteiger partial charge in [-0.3, -0.25) is 4.79 Å². The van der Waals surface area contributed by atoms with Gasteiger partial charge in [-0.15, -0.1) is 0 Å². The Balaban J connectivity index is 1.48. The van der Waals surface area contributed by atoms with E-state index in [2.05, 4.69) is 24.3 Å². The first-order chi connectivity index (χ1) is 14.0. The van der Waals surface area contributed by atoms with Crippen molar-refractivity contribution in [3.05, 3.63) is 71.2 Å². The Morgan fingerprint density at radius 3 is 2.59 bits per heavy atom. The molecule has 1 aromatic heterocycles. The van der Waals surface area contributed by atoms with Crippen molar-refractivity contribution in [2.45, 2.75) is 31.3 Å². The van der Waals surface area contributed by atoms with Gasteiger partial charge in [0.1, 0.15) is 17.4 Å². The number of nitrogens with zero attached hydrogens (tertiary/aromatic N) is 2. The summed E-state index contributed by atoms with van der Waals surface area (Å²) in [5.41, 5.74) is 3.87. The predicted octanol–water partition coefficient (Wildman–Crippen LogP) is 4.90. The summed E-state index contributed by atoms with van der Waals surface area (Å²) in [7, 11) is 0. The summed E-state index contributed by atoms with van der Waals surface area (Å²) in [6, 6.07) is 13.8. The molecule has 3 aromatic rings. The van der Waals surface area contributed by atoms with Crippen LogP contribution >= 0.6 is 11.8 Å². The highest BCUT2D eigenvalue weighted by atomic mass is 32.2. The van der Waals surface area contributed by atoms with E-state index >= 15 is 0 Å². The lowest BCUT2D eigenvalue weighted by Crippen LogP contribution is -2.22. The molecule has 29 heavy (non-hydrogen) atoms. The average molecular weight is 412 g/mol. The van der Waals surface area contributed by atoms with Crippen molar-refractivity contribution in [2.24, 2.45) is 0 Å². The number of ether oxygens (including phenoxy) is 1. The van der Waals surface area contributed by atoms with Crippen LogP contribution in [0.2, 0.25) is 0 Å². The number of hydrogen-bond donors (Lipinski definition) is 1. The van der Waals surface area contributed by atoms with Crippen LogP contribution in [0.25, 0.3) is 5.69 Å². The Morgan fingerprint density at radius 1 is 1.17 bits per heavy atom. The molecule has 4 rings (SSSR count). The number of nitrogens with one attached hydrogen (secondary N) is 1. The third kappa shape index (κ3) is 4.29. The molecule has 5 nitrogen and oxygen atoms in total. The Bertz CT molecular complexity index is 1010. The van der Waals surface area contributed by atoms with E-state index in [1.165, 1.54) is 17.7 Å². The van der Waals surface area contributed by atoms with Crippen molar-refractivity contribution < 1.29 is 13.9 Å². The van der Waals surface area contributed by atoms with Gasteiger partial charge < -0.3 is 10.1 Å². The number of fused-ring (bicyclic) bond motifs is 1. The molecule has 1 amide bonds. The summed E-state index contributed by atoms with van der Waals surface area (Å²) in [4.78, 5) is 12.6. The standard InChI is InChI=1S/C22H22FN3O2S/c1-14(2)15-3-9-18(10-4-15)28-11-21(27)24-22-19-12-29-13-20(19)25-26(22)17-7-5-16(23)6-8-17/h3-10,14H,11-13H2,1-2H3,(H,24,27). The van der Waals surface area contributed by atoms with Crippen LogP contribution in [0.4, 0.5) is 10.2 Å². The van der Waals surface area contributed by atoms with E-state index in [4.69, 9.17) is 4.74 Å². The molecule has 0 radical (unpaired) electrons. The first-order valence-electron chi connectivity index (χ1n) is 9.48. The van der Waals surface area contributed by atoms with Gasteiger partial charge in [0.05, 0.1) is 11.4 Å². The van der Waals surface area contributed by atoms with Gasteiger partial charge in [-0.1, -0.05) is 26.0 Å². The largest absolute Gasteiger partial charge is 0.484 e. The molecule has 0 fully saturated rings. The molecular weight excluding hydrogens is 389 g/mol. The van der Waals surface area contributed by atoms with E-state index in [0.29, 0.717) is 23.2 Å². The summed E-state index contributed by atoms with van der Waals surface area (Å²) in [6.07, 6.45) is 0. The van der Waals surface area contributed by atoms with Gasteiger partial charge in [-0.25, -0.2) is 9.07 Å². The number of carbonyl (C=O) groups is 1. The minimum absolute atomic E-state index is 0.0997. The van der Waals surface area contributed by atoms with Crippen molar-refractivity contribution >= 4 is 23.5 Å². The number of thioether (sulfide) groups is 1. The molecule has 0 atom stereocenters. The number of amides is 1. The van der Waals surface area contributed by atoms with Gasteiger partial charge in [0.2, 0.25) is 0 Å². The van der Waals surface area contributed by atoms with Crippen LogP contribution in [0.3, 0.4) is 0 Å². The van der Waals surface area contributed by atoms with E-state index < -0.39 is 0 Å². The van der Waals surface area contributed by atoms with Crippen LogP contribution in [-0.4, -0.2) is 22.3 Å². The lowest BCUT2D eigenvalue weighted by atomic mass is 10.0. The highest BCUT2D eigenvalue weighted by Crippen LogP contribution is 2.36. The summed E-state index contributed by atoms with van der Waals surface area (Å²) in [6.45, 7) is 4.16. The molecule has 1 aliphatic heterocycles. The van der Waals surface area contributed by atoms with Gasteiger partial charge >= 0.3 is 0 Å². The summed E-state index contributed by atoms with van der Waals surface area (Å²) in [5.74, 6) is 2.72. The molecular formula is C22H22FN3O2S. The monoisotopic (exact) mass is 411 g/mol. The van der Waals surface area contributed by atoms with Crippen molar-refractivity contribution in [1.82, 2.24) is 9.78 Å². The molecule has 0 spiro atoms. The van der Waals surface area contributed by atoms with E-state index in [0.717, 1.165) is 22.8 Å². The first-order valence-corrected chi connectivity index (χ1v) is 10.6. The number of aromatic nitrogens is 2. The Kier molecular flexibility index (Phi) is 5.58. The Hall–Kier alpha value is -2.80. The fraction of sp³-hybridized carbons (Fsp3) is 0.273. The van der Waals surface area contributed by atoms with Crippen molar-refractivity contribution in [2.75, 3.05) is 11.9 Å². The second-order valence-corrected chi connectivity index (χ2v) is 8.20. The minimum Gasteiger partial charge on any atom is -0.484 e. The number of halogens is 1. The van der Waals surface area contributed by atoms with E-state index in [9.17, 15) is 9.18 Å². The van der Waals surface area contributed by atoms with Crippen LogP contribution in [0, 0.1) is 5.82 Å². The summed E-state index contributed by atoms with van der Waals surface area (Å²) < 4.78 is 20.6. The maximum atomic E-state index is 13.3. The number of hydrogen-bond acceptors (Lipinski definition) is 4. The molecule has 150 valence electrons. The average Bonchev–Trinajstić information content (AvgIpc) is 3.30. The smallest absolute Gasteiger partial charge is 0.263 e. The fourth-order valence-electron chi connectivity index (χ4n) is 3.18. The maximum absolute atomic E-state index is 13.3. The number of anilines is 1. The third-order valence-corrected chi connectivity index (χ3v) is 5.77. The Labute approximate surface area is 173 Å².